The van der Waals surface area contributed by atoms with Gasteiger partial charge >= 0.3 is 6.03 Å². The highest BCUT2D eigenvalue weighted by atomic mass is 16.2. The van der Waals surface area contributed by atoms with E-state index in [0.717, 1.165) is 49.0 Å². The van der Waals surface area contributed by atoms with Gasteiger partial charge in [-0.1, -0.05) is 42.7 Å². The summed E-state index contributed by atoms with van der Waals surface area (Å²) in [4.78, 5) is 41.5. The average Bonchev–Trinajstić information content (AvgIpc) is 3.49. The van der Waals surface area contributed by atoms with Crippen molar-refractivity contribution >= 4 is 17.8 Å². The fourth-order valence-electron chi connectivity index (χ4n) is 4.65. The minimum atomic E-state index is -0.841. The lowest BCUT2D eigenvalue weighted by atomic mass is 9.96. The Bertz CT molecular complexity index is 804. The molecule has 150 valence electrons. The molecule has 0 spiro atoms. The summed E-state index contributed by atoms with van der Waals surface area (Å²) < 4.78 is 0. The van der Waals surface area contributed by atoms with Gasteiger partial charge in [0, 0.05) is 6.54 Å². The van der Waals surface area contributed by atoms with Crippen molar-refractivity contribution in [2.75, 3.05) is 13.1 Å². The predicted molar refractivity (Wildman–Crippen MR) is 105 cm³/mol. The van der Waals surface area contributed by atoms with Gasteiger partial charge in [-0.15, -0.1) is 0 Å². The second kappa shape index (κ2) is 7.22. The zero-order valence-electron chi connectivity index (χ0n) is 16.7. The van der Waals surface area contributed by atoms with Gasteiger partial charge in [-0.25, -0.2) is 4.79 Å². The largest absolute Gasteiger partial charge is 0.334 e. The van der Waals surface area contributed by atoms with E-state index in [1.807, 2.05) is 11.0 Å². The Kier molecular flexibility index (Phi) is 4.89. The van der Waals surface area contributed by atoms with Crippen LogP contribution in [0, 0.1) is 12.8 Å². The number of amides is 4. The van der Waals surface area contributed by atoms with Crippen LogP contribution < -0.4 is 5.32 Å². The van der Waals surface area contributed by atoms with Gasteiger partial charge in [0.2, 0.25) is 5.91 Å². The summed E-state index contributed by atoms with van der Waals surface area (Å²) in [7, 11) is 0. The number of nitrogens with one attached hydrogen (secondary N) is 1. The van der Waals surface area contributed by atoms with Gasteiger partial charge in [-0.2, -0.15) is 0 Å². The van der Waals surface area contributed by atoms with E-state index < -0.39 is 11.6 Å². The van der Waals surface area contributed by atoms with E-state index in [-0.39, 0.29) is 30.3 Å². The molecule has 2 saturated heterocycles. The molecule has 0 radical (unpaired) electrons. The zero-order valence-corrected chi connectivity index (χ0v) is 16.7. The maximum atomic E-state index is 13.2. The van der Waals surface area contributed by atoms with E-state index in [2.05, 4.69) is 30.4 Å². The van der Waals surface area contributed by atoms with Crippen LogP contribution in [0.3, 0.4) is 0 Å². The average molecular weight is 383 g/mol. The lowest BCUT2D eigenvalue weighted by Gasteiger charge is -2.32. The molecule has 1 aromatic rings. The van der Waals surface area contributed by atoms with Gasteiger partial charge in [-0.05, 0) is 51.0 Å². The molecule has 4 amide bonds. The second-order valence-electron chi connectivity index (χ2n) is 8.66. The first-order valence-corrected chi connectivity index (χ1v) is 10.4. The Morgan fingerprint density at radius 1 is 1.18 bits per heavy atom. The first kappa shape index (κ1) is 19.0. The summed E-state index contributed by atoms with van der Waals surface area (Å²) in [6.45, 7) is 4.34. The standard InChI is InChI=1S/C22H29N3O3/c1-15-7-6-8-16(13-15)18-9-4-3-5-12-24(18)19(26)14-25-20(27)22(2,17-10-11-17)23-21(25)28/h6-8,13,17-18H,3-5,9-12,14H2,1-2H3,(H,23,28). The van der Waals surface area contributed by atoms with Crippen LogP contribution in [-0.2, 0) is 9.59 Å². The molecular formula is C22H29N3O3. The van der Waals surface area contributed by atoms with E-state index in [0.29, 0.717) is 6.54 Å². The first-order valence-electron chi connectivity index (χ1n) is 10.4. The number of rotatable bonds is 4. The van der Waals surface area contributed by atoms with Crippen LogP contribution >= 0.6 is 0 Å². The molecule has 2 unspecified atom stereocenters. The number of hydrogen-bond donors (Lipinski definition) is 1. The van der Waals surface area contributed by atoms with Gasteiger partial charge in [0.05, 0.1) is 6.04 Å². The van der Waals surface area contributed by atoms with Crippen molar-refractivity contribution in [2.45, 2.75) is 64.0 Å². The number of nitrogens with zero attached hydrogens (tertiary/aromatic N) is 2. The molecule has 4 rings (SSSR count). The Balaban J connectivity index is 1.53. The second-order valence-corrected chi connectivity index (χ2v) is 8.66. The molecule has 6 nitrogen and oxygen atoms in total. The van der Waals surface area contributed by atoms with Crippen LogP contribution in [0.25, 0.3) is 0 Å². The summed E-state index contributed by atoms with van der Waals surface area (Å²) in [6.07, 6.45) is 5.93. The van der Waals surface area contributed by atoms with E-state index >= 15 is 0 Å². The van der Waals surface area contributed by atoms with Gasteiger partial charge in [0.15, 0.2) is 0 Å². The number of likely N-dealkylation sites (tertiary alicyclic amines) is 1. The van der Waals surface area contributed by atoms with Gasteiger partial charge < -0.3 is 10.2 Å². The summed E-state index contributed by atoms with van der Waals surface area (Å²) in [6, 6.07) is 7.85. The Morgan fingerprint density at radius 2 is 1.96 bits per heavy atom. The van der Waals surface area contributed by atoms with Crippen LogP contribution in [-0.4, -0.2) is 46.3 Å². The first-order chi connectivity index (χ1) is 13.4. The third-order valence-electron chi connectivity index (χ3n) is 6.49. The molecule has 1 saturated carbocycles. The summed E-state index contributed by atoms with van der Waals surface area (Å²) in [5.41, 5.74) is 1.46. The van der Waals surface area contributed by atoms with Gasteiger partial charge in [0.1, 0.15) is 12.1 Å². The number of urea groups is 1. The van der Waals surface area contributed by atoms with E-state index in [9.17, 15) is 14.4 Å². The van der Waals surface area contributed by atoms with Crippen molar-refractivity contribution in [1.82, 2.24) is 15.1 Å². The lowest BCUT2D eigenvalue weighted by Crippen LogP contribution is -2.47. The number of imide groups is 1. The highest BCUT2D eigenvalue weighted by Crippen LogP contribution is 2.42. The molecule has 1 aromatic carbocycles. The minimum absolute atomic E-state index is 0.00508. The number of benzene rings is 1. The van der Waals surface area contributed by atoms with Crippen LogP contribution in [0.15, 0.2) is 24.3 Å². The number of aryl methyl sites for hydroxylation is 1. The molecular weight excluding hydrogens is 354 g/mol. The van der Waals surface area contributed by atoms with Crippen LogP contribution in [0.2, 0.25) is 0 Å². The highest BCUT2D eigenvalue weighted by molar-refractivity contribution is 6.09. The van der Waals surface area contributed by atoms with Crippen LogP contribution in [0.1, 0.15) is 62.6 Å². The normalized spacial score (nSPS) is 28.3. The van der Waals surface area contributed by atoms with Crippen molar-refractivity contribution in [3.8, 4) is 0 Å². The van der Waals surface area contributed by atoms with Crippen molar-refractivity contribution in [3.63, 3.8) is 0 Å². The monoisotopic (exact) mass is 383 g/mol. The SMILES string of the molecule is Cc1cccc(C2CCCCCN2C(=O)CN2C(=O)NC(C)(C3CC3)C2=O)c1. The molecule has 1 aliphatic carbocycles. The smallest absolute Gasteiger partial charge is 0.325 e. The molecule has 2 aliphatic heterocycles. The molecule has 6 heteroatoms. The number of carbonyl (C=O) groups excluding carboxylic acids is 3. The van der Waals surface area contributed by atoms with Crippen molar-refractivity contribution in [1.29, 1.82) is 0 Å². The lowest BCUT2D eigenvalue weighted by molar-refractivity contribution is -0.140. The molecule has 2 heterocycles. The maximum absolute atomic E-state index is 13.2. The van der Waals surface area contributed by atoms with E-state index in [4.69, 9.17) is 0 Å². The zero-order chi connectivity index (χ0) is 19.9. The number of hydrogen-bond acceptors (Lipinski definition) is 3. The maximum Gasteiger partial charge on any atom is 0.325 e. The molecule has 3 fully saturated rings. The van der Waals surface area contributed by atoms with Crippen LogP contribution in [0.5, 0.6) is 0 Å². The molecule has 28 heavy (non-hydrogen) atoms. The molecule has 3 aliphatic rings. The minimum Gasteiger partial charge on any atom is -0.334 e. The fraction of sp³-hybridized carbons (Fsp3) is 0.591. The molecule has 0 aromatic heterocycles. The van der Waals surface area contributed by atoms with Gasteiger partial charge in [0.25, 0.3) is 5.91 Å². The summed E-state index contributed by atoms with van der Waals surface area (Å²) in [5, 5.41) is 2.83. The van der Waals surface area contributed by atoms with Crippen molar-refractivity contribution in [2.24, 2.45) is 5.92 Å². The number of carbonyl (C=O) groups is 3. The van der Waals surface area contributed by atoms with Gasteiger partial charge in [-0.3, -0.25) is 14.5 Å². The van der Waals surface area contributed by atoms with Crippen molar-refractivity contribution in [3.05, 3.63) is 35.4 Å². The quantitative estimate of drug-likeness (QED) is 0.812. The topological polar surface area (TPSA) is 69.7 Å². The predicted octanol–water partition coefficient (Wildman–Crippen LogP) is 3.16. The van der Waals surface area contributed by atoms with Crippen LogP contribution in [0.4, 0.5) is 4.79 Å². The fourth-order valence-corrected chi connectivity index (χ4v) is 4.65. The van der Waals surface area contributed by atoms with E-state index in [1.54, 1.807) is 6.92 Å². The highest BCUT2D eigenvalue weighted by Gasteiger charge is 2.56. The third kappa shape index (κ3) is 3.40. The Labute approximate surface area is 166 Å². The molecule has 2 atom stereocenters. The Hall–Kier alpha value is -2.37. The summed E-state index contributed by atoms with van der Waals surface area (Å²) in [5.74, 6) is -0.200. The Morgan fingerprint density at radius 3 is 2.68 bits per heavy atom. The molecule has 0 bridgehead atoms. The third-order valence-corrected chi connectivity index (χ3v) is 6.49. The van der Waals surface area contributed by atoms with E-state index in [1.165, 1.54) is 5.56 Å². The molecule has 1 N–H and O–H groups in total. The van der Waals surface area contributed by atoms with Crippen molar-refractivity contribution < 1.29 is 14.4 Å². The summed E-state index contributed by atoms with van der Waals surface area (Å²) >= 11 is 0.